The summed E-state index contributed by atoms with van der Waals surface area (Å²) in [6.45, 7) is 10.6. The molecule has 1 aromatic heterocycles. The van der Waals surface area contributed by atoms with Crippen LogP contribution in [0.5, 0.6) is 0 Å². The second-order valence-corrected chi connectivity index (χ2v) is 9.48. The number of quaternary nitrogens is 1. The van der Waals surface area contributed by atoms with E-state index < -0.39 is 0 Å². The average Bonchev–Trinajstić information content (AvgIpc) is 3.14. The summed E-state index contributed by atoms with van der Waals surface area (Å²) in [6.07, 6.45) is 8.93. The Kier molecular flexibility index (Phi) is 6.90. The molecular formula is C24H38NO4+. The van der Waals surface area contributed by atoms with Gasteiger partial charge in [0.25, 0.3) is 0 Å². The van der Waals surface area contributed by atoms with Crippen LogP contribution in [0, 0.1) is 22.7 Å². The molecule has 2 aliphatic rings. The minimum atomic E-state index is -0.388. The lowest BCUT2D eigenvalue weighted by atomic mass is 9.46. The van der Waals surface area contributed by atoms with E-state index in [1.807, 2.05) is 0 Å². The number of ether oxygens (including phenoxy) is 1. The minimum absolute atomic E-state index is 0.0452. The maximum absolute atomic E-state index is 12.7. The molecule has 0 radical (unpaired) electrons. The van der Waals surface area contributed by atoms with E-state index >= 15 is 0 Å². The maximum Gasteiger partial charge on any atom is 0.311 e. The smallest absolute Gasteiger partial charge is 0.311 e. The van der Waals surface area contributed by atoms with Crippen LogP contribution in [0.4, 0.5) is 0 Å². The van der Waals surface area contributed by atoms with Crippen molar-refractivity contribution in [2.24, 2.45) is 22.7 Å². The second kappa shape index (κ2) is 9.05. The number of nitrogens with two attached hydrogens (primary N) is 1. The van der Waals surface area contributed by atoms with E-state index in [0.717, 1.165) is 57.3 Å². The van der Waals surface area contributed by atoms with E-state index in [4.69, 9.17) is 14.3 Å². The Labute approximate surface area is 174 Å². The lowest BCUT2D eigenvalue weighted by molar-refractivity contribution is -0.673. The highest BCUT2D eigenvalue weighted by Crippen LogP contribution is 2.62. The van der Waals surface area contributed by atoms with E-state index in [0.29, 0.717) is 18.4 Å². The molecule has 2 saturated carbocycles. The largest absolute Gasteiger partial charge is 0.469 e. The number of hydrogen-bond donors (Lipinski definition) is 2. The summed E-state index contributed by atoms with van der Waals surface area (Å²) in [5.74, 6) is 1.71. The summed E-state index contributed by atoms with van der Waals surface area (Å²) in [7, 11) is 1.52. The fraction of sp³-hybridized carbons (Fsp3) is 0.708. The van der Waals surface area contributed by atoms with E-state index in [2.05, 4.69) is 31.8 Å². The van der Waals surface area contributed by atoms with Crippen LogP contribution in [0.3, 0.4) is 0 Å². The zero-order valence-electron chi connectivity index (χ0n) is 18.3. The van der Waals surface area contributed by atoms with Crippen molar-refractivity contribution >= 4 is 5.97 Å². The van der Waals surface area contributed by atoms with Gasteiger partial charge in [0.1, 0.15) is 6.54 Å². The molecule has 1 aromatic rings. The van der Waals surface area contributed by atoms with Gasteiger partial charge in [0.05, 0.1) is 31.9 Å². The average molecular weight is 405 g/mol. The molecule has 1 heterocycles. The van der Waals surface area contributed by atoms with E-state index in [9.17, 15) is 4.79 Å². The van der Waals surface area contributed by atoms with Gasteiger partial charge in [0, 0.05) is 0 Å². The number of esters is 1. The summed E-state index contributed by atoms with van der Waals surface area (Å²) in [5, 5.41) is 11.1. The third-order valence-corrected chi connectivity index (χ3v) is 7.87. The molecule has 3 N–H and O–H groups in total. The Bertz CT molecular complexity index is 726. The van der Waals surface area contributed by atoms with Crippen LogP contribution >= 0.6 is 0 Å². The molecule has 0 amide bonds. The molecule has 2 fully saturated rings. The highest BCUT2D eigenvalue weighted by molar-refractivity contribution is 5.77. The maximum atomic E-state index is 12.7. The van der Waals surface area contributed by atoms with Crippen molar-refractivity contribution < 1.29 is 24.4 Å². The van der Waals surface area contributed by atoms with Gasteiger partial charge in [0.2, 0.25) is 0 Å². The van der Waals surface area contributed by atoms with Gasteiger partial charge in [-0.15, -0.1) is 0 Å². The molecule has 4 atom stereocenters. The number of aryl methyl sites for hydroxylation is 1. The monoisotopic (exact) mass is 404 g/mol. The van der Waals surface area contributed by atoms with Crippen molar-refractivity contribution in [2.45, 2.75) is 65.3 Å². The summed E-state index contributed by atoms with van der Waals surface area (Å²) < 4.78 is 10.9. The van der Waals surface area contributed by atoms with Gasteiger partial charge in [-0.2, -0.15) is 0 Å². The lowest BCUT2D eigenvalue weighted by Gasteiger charge is -2.57. The molecule has 0 saturated heterocycles. The summed E-state index contributed by atoms with van der Waals surface area (Å²) in [6, 6.07) is 2.08. The molecule has 5 heteroatoms. The molecule has 162 valence electrons. The second-order valence-electron chi connectivity index (χ2n) is 9.48. The number of carbonyl (C=O) groups excluding carboxylic acids is 1. The van der Waals surface area contributed by atoms with Crippen molar-refractivity contribution in [1.29, 1.82) is 0 Å². The number of fused-ring (bicyclic) bond motifs is 1. The van der Waals surface area contributed by atoms with Gasteiger partial charge in [-0.25, -0.2) is 0 Å². The Morgan fingerprint density at radius 1 is 1.41 bits per heavy atom. The van der Waals surface area contributed by atoms with Crippen LogP contribution in [-0.2, 0) is 22.5 Å². The van der Waals surface area contributed by atoms with E-state index in [-0.39, 0.29) is 23.4 Å². The number of aliphatic hydroxyl groups is 1. The molecule has 0 aromatic carbocycles. The number of methoxy groups -OCH3 is 1. The number of hydrogen-bond acceptors (Lipinski definition) is 4. The number of rotatable bonds is 8. The Balaban J connectivity index is 1.76. The predicted octanol–water partition coefficient (Wildman–Crippen LogP) is 3.22. The highest BCUT2D eigenvalue weighted by atomic mass is 16.5. The number of carbonyl (C=O) groups is 1. The quantitative estimate of drug-likeness (QED) is 0.396. The van der Waals surface area contributed by atoms with Crippen LogP contribution in [-0.4, -0.2) is 31.3 Å². The van der Waals surface area contributed by atoms with Gasteiger partial charge >= 0.3 is 5.97 Å². The normalized spacial score (nSPS) is 32.1. The van der Waals surface area contributed by atoms with Gasteiger partial charge in [-0.1, -0.05) is 25.5 Å². The molecule has 4 unspecified atom stereocenters. The van der Waals surface area contributed by atoms with Crippen LogP contribution in [0.25, 0.3) is 0 Å². The molecule has 29 heavy (non-hydrogen) atoms. The van der Waals surface area contributed by atoms with E-state index in [1.54, 1.807) is 6.26 Å². The lowest BCUT2D eigenvalue weighted by Crippen LogP contribution is -2.83. The minimum Gasteiger partial charge on any atom is -0.469 e. The zero-order valence-corrected chi connectivity index (χ0v) is 18.3. The molecule has 5 nitrogen and oxygen atoms in total. The molecule has 2 aliphatic carbocycles. The number of furan rings is 1. The highest BCUT2D eigenvalue weighted by Gasteiger charge is 2.57. The SMILES string of the molecule is C=C1CCC2C(C)(C(=O)OC)CCCC2(C)C1CCc1ccoc1C[NH2+]CCO. The summed E-state index contributed by atoms with van der Waals surface area (Å²) in [4.78, 5) is 12.7. The van der Waals surface area contributed by atoms with Crippen molar-refractivity contribution in [2.75, 3.05) is 20.3 Å². The van der Waals surface area contributed by atoms with Gasteiger partial charge < -0.3 is 19.6 Å². The third kappa shape index (κ3) is 4.17. The van der Waals surface area contributed by atoms with Gasteiger partial charge in [-0.05, 0) is 74.3 Å². The van der Waals surface area contributed by atoms with Gasteiger partial charge in [-0.3, -0.25) is 4.79 Å². The first-order valence-corrected chi connectivity index (χ1v) is 11.1. The van der Waals surface area contributed by atoms with Crippen molar-refractivity contribution in [3.8, 4) is 0 Å². The topological polar surface area (TPSA) is 76.3 Å². The Morgan fingerprint density at radius 3 is 2.93 bits per heavy atom. The van der Waals surface area contributed by atoms with Crippen molar-refractivity contribution in [3.05, 3.63) is 35.8 Å². The van der Waals surface area contributed by atoms with E-state index in [1.165, 1.54) is 18.2 Å². The third-order valence-electron chi connectivity index (χ3n) is 7.87. The Hall–Kier alpha value is -1.59. The molecule has 0 aliphatic heterocycles. The number of allylic oxidation sites excluding steroid dienone is 1. The molecule has 0 spiro atoms. The van der Waals surface area contributed by atoms with Crippen LogP contribution in [0.2, 0.25) is 0 Å². The van der Waals surface area contributed by atoms with Crippen molar-refractivity contribution in [3.63, 3.8) is 0 Å². The van der Waals surface area contributed by atoms with Crippen LogP contribution in [0.1, 0.15) is 63.7 Å². The fourth-order valence-corrected chi connectivity index (χ4v) is 6.35. The first kappa shape index (κ1) is 22.1. The molecule has 3 rings (SSSR count). The van der Waals surface area contributed by atoms with Crippen LogP contribution < -0.4 is 5.32 Å². The summed E-state index contributed by atoms with van der Waals surface area (Å²) >= 11 is 0. The Morgan fingerprint density at radius 2 is 2.21 bits per heavy atom. The zero-order chi connectivity index (χ0) is 21.1. The standard InChI is InChI=1S/C24H37NO4/c1-17-6-9-21-23(2,11-5-12-24(21,3)22(27)28-4)19(17)8-7-18-10-15-29-20(18)16-25-13-14-26/h10,15,19,21,25-26H,1,5-9,11-14,16H2,2-4H3/p+1. The van der Waals surface area contributed by atoms with Crippen LogP contribution in [0.15, 0.2) is 28.9 Å². The predicted molar refractivity (Wildman–Crippen MR) is 112 cm³/mol. The van der Waals surface area contributed by atoms with Gasteiger partial charge in [0.15, 0.2) is 5.76 Å². The first-order chi connectivity index (χ1) is 13.9. The summed E-state index contributed by atoms with van der Waals surface area (Å²) in [5.41, 5.74) is 2.29. The van der Waals surface area contributed by atoms with Crippen molar-refractivity contribution in [1.82, 2.24) is 0 Å². The fourth-order valence-electron chi connectivity index (χ4n) is 6.35. The number of aliphatic hydroxyl groups excluding tert-OH is 1. The molecule has 0 bridgehead atoms. The first-order valence-electron chi connectivity index (χ1n) is 11.1. The molecular weight excluding hydrogens is 366 g/mol.